The normalized spacial score (nSPS) is 41.4. The second-order valence-corrected chi connectivity index (χ2v) is 4.23. The van der Waals surface area contributed by atoms with Crippen molar-refractivity contribution in [2.24, 2.45) is 17.8 Å². The largest absolute Gasteiger partial charge is 0.370 e. The van der Waals surface area contributed by atoms with Crippen molar-refractivity contribution in [1.29, 1.82) is 0 Å². The van der Waals surface area contributed by atoms with E-state index in [2.05, 4.69) is 0 Å². The molecule has 5 nitrogen and oxygen atoms in total. The number of carbonyl (C=O) groups excluding carboxylic acids is 1. The molecular weight excluding hydrogens is 186 g/mol. The molecule has 0 unspecified atom stereocenters. The van der Waals surface area contributed by atoms with Gasteiger partial charge in [-0.15, -0.1) is 0 Å². The number of nitrogens with zero attached hydrogens (tertiary/aromatic N) is 1. The Morgan fingerprint density at radius 2 is 2.36 bits per heavy atom. The lowest BCUT2D eigenvalue weighted by Gasteiger charge is -2.14. The summed E-state index contributed by atoms with van der Waals surface area (Å²) in [4.78, 5) is 21.6. The van der Waals surface area contributed by atoms with Crippen molar-refractivity contribution < 1.29 is 14.5 Å². The third kappa shape index (κ3) is 1.41. The molecule has 1 saturated carbocycles. The minimum atomic E-state index is -0.324. The van der Waals surface area contributed by atoms with Crippen LogP contribution in [0.4, 0.5) is 0 Å². The van der Waals surface area contributed by atoms with Crippen molar-refractivity contribution in [2.75, 3.05) is 13.2 Å². The summed E-state index contributed by atoms with van der Waals surface area (Å²) in [5, 5.41) is 10.4. The zero-order valence-electron chi connectivity index (χ0n) is 8.01. The van der Waals surface area contributed by atoms with Crippen LogP contribution in [0.1, 0.15) is 13.3 Å². The van der Waals surface area contributed by atoms with Gasteiger partial charge in [0.05, 0.1) is 12.0 Å². The van der Waals surface area contributed by atoms with Crippen LogP contribution in [0.25, 0.3) is 0 Å². The predicted octanol–water partition coefficient (Wildman–Crippen LogP) is 0.503. The van der Waals surface area contributed by atoms with E-state index in [0.29, 0.717) is 0 Å². The van der Waals surface area contributed by atoms with Gasteiger partial charge in [-0.05, 0) is 12.3 Å². The van der Waals surface area contributed by atoms with E-state index in [1.54, 1.807) is 0 Å². The molecule has 14 heavy (non-hydrogen) atoms. The van der Waals surface area contributed by atoms with E-state index in [1.165, 1.54) is 0 Å². The number of nitro groups is 1. The highest BCUT2D eigenvalue weighted by molar-refractivity contribution is 5.85. The van der Waals surface area contributed by atoms with Crippen molar-refractivity contribution in [3.05, 3.63) is 10.1 Å². The van der Waals surface area contributed by atoms with Crippen LogP contribution in [0.2, 0.25) is 0 Å². The van der Waals surface area contributed by atoms with E-state index in [-0.39, 0.29) is 47.7 Å². The molecule has 78 valence electrons. The van der Waals surface area contributed by atoms with Gasteiger partial charge < -0.3 is 4.74 Å². The molecule has 4 atom stereocenters. The average molecular weight is 199 g/mol. The maximum Gasteiger partial charge on any atom is 0.207 e. The maximum absolute atomic E-state index is 11.4. The van der Waals surface area contributed by atoms with Crippen LogP contribution in [0.15, 0.2) is 0 Å². The second-order valence-electron chi connectivity index (χ2n) is 4.23. The molecule has 0 aromatic carbocycles. The molecule has 1 aliphatic heterocycles. The third-order valence-corrected chi connectivity index (χ3v) is 3.37. The first-order chi connectivity index (χ1) is 6.59. The molecule has 2 rings (SSSR count). The molecule has 0 amide bonds. The van der Waals surface area contributed by atoms with Crippen LogP contribution in [0, 0.1) is 27.9 Å². The van der Waals surface area contributed by atoms with Gasteiger partial charge in [0.1, 0.15) is 6.61 Å². The van der Waals surface area contributed by atoms with E-state index >= 15 is 0 Å². The fourth-order valence-electron chi connectivity index (χ4n) is 2.69. The summed E-state index contributed by atoms with van der Waals surface area (Å²) in [6.07, 6.45) is 0.733. The van der Waals surface area contributed by atoms with Crippen LogP contribution >= 0.6 is 0 Å². The van der Waals surface area contributed by atoms with Gasteiger partial charge in [-0.1, -0.05) is 6.92 Å². The first-order valence-electron chi connectivity index (χ1n) is 4.85. The van der Waals surface area contributed by atoms with Crippen LogP contribution in [-0.4, -0.2) is 30.0 Å². The first kappa shape index (κ1) is 9.58. The number of hydrogen-bond donors (Lipinski definition) is 0. The molecule has 2 aliphatic rings. The predicted molar refractivity (Wildman–Crippen MR) is 47.4 cm³/mol. The highest BCUT2D eigenvalue weighted by Crippen LogP contribution is 2.42. The molecule has 0 aromatic heterocycles. The Bertz CT molecular complexity index is 278. The van der Waals surface area contributed by atoms with Crippen LogP contribution < -0.4 is 0 Å². The maximum atomic E-state index is 11.4. The molecule has 0 bridgehead atoms. The summed E-state index contributed by atoms with van der Waals surface area (Å²) < 4.78 is 5.30. The Hall–Kier alpha value is -0.970. The Kier molecular flexibility index (Phi) is 2.26. The molecule has 1 saturated heterocycles. The summed E-state index contributed by atoms with van der Waals surface area (Å²) in [5.41, 5.74) is 0. The Morgan fingerprint density at radius 3 is 3.00 bits per heavy atom. The minimum absolute atomic E-state index is 0.0474. The molecule has 2 fully saturated rings. The molecule has 1 aliphatic carbocycles. The second kappa shape index (κ2) is 3.31. The van der Waals surface area contributed by atoms with Gasteiger partial charge in [-0.3, -0.25) is 14.9 Å². The highest BCUT2D eigenvalue weighted by Gasteiger charge is 2.51. The lowest BCUT2D eigenvalue weighted by molar-refractivity contribution is -0.490. The Labute approximate surface area is 81.6 Å². The molecule has 0 aromatic rings. The number of ether oxygens (including phenoxy) is 1. The number of Topliss-reactive ketones (excluding diaryl/α,β-unsaturated/α-hetero) is 1. The third-order valence-electron chi connectivity index (χ3n) is 3.37. The number of ketones is 1. The molecule has 0 N–H and O–H groups in total. The summed E-state index contributed by atoms with van der Waals surface area (Å²) in [5.74, 6) is -0.0637. The quantitative estimate of drug-likeness (QED) is 0.479. The Morgan fingerprint density at radius 1 is 1.64 bits per heavy atom. The van der Waals surface area contributed by atoms with E-state index in [9.17, 15) is 14.9 Å². The standard InChI is InChI=1S/C9H13NO4/c1-5-2-8-9(7(11)4-14-8)6(5)3-10(12)13/h5-6,8-9H,2-4H2,1H3/t5-,6+,8+,9+/m1/s1. The summed E-state index contributed by atoms with van der Waals surface area (Å²) in [7, 11) is 0. The number of carbonyl (C=O) groups is 1. The van der Waals surface area contributed by atoms with E-state index in [0.717, 1.165) is 6.42 Å². The van der Waals surface area contributed by atoms with Crippen molar-refractivity contribution in [2.45, 2.75) is 19.4 Å². The zero-order chi connectivity index (χ0) is 10.3. The number of fused-ring (bicyclic) bond motifs is 1. The van der Waals surface area contributed by atoms with Crippen LogP contribution in [-0.2, 0) is 9.53 Å². The topological polar surface area (TPSA) is 69.4 Å². The highest BCUT2D eigenvalue weighted by atomic mass is 16.6. The Balaban J connectivity index is 2.13. The SMILES string of the molecule is C[C@@H]1C[C@@H]2OCC(=O)[C@@H]2[C@H]1C[N+](=O)[O-]. The fourth-order valence-corrected chi connectivity index (χ4v) is 2.69. The van der Waals surface area contributed by atoms with E-state index in [1.807, 2.05) is 6.92 Å². The summed E-state index contributed by atoms with van der Waals surface area (Å²) >= 11 is 0. The zero-order valence-corrected chi connectivity index (χ0v) is 8.01. The van der Waals surface area contributed by atoms with Gasteiger partial charge in [0.2, 0.25) is 6.54 Å². The lowest BCUT2D eigenvalue weighted by atomic mass is 9.88. The minimum Gasteiger partial charge on any atom is -0.370 e. The summed E-state index contributed by atoms with van der Waals surface area (Å²) in [6.45, 7) is 2.01. The van der Waals surface area contributed by atoms with Gasteiger partial charge in [-0.25, -0.2) is 0 Å². The van der Waals surface area contributed by atoms with Crippen molar-refractivity contribution in [3.8, 4) is 0 Å². The molecule has 5 heteroatoms. The van der Waals surface area contributed by atoms with Gasteiger partial charge in [0.15, 0.2) is 5.78 Å². The molecule has 1 heterocycles. The van der Waals surface area contributed by atoms with Gasteiger partial charge >= 0.3 is 0 Å². The van der Waals surface area contributed by atoms with Gasteiger partial charge in [0.25, 0.3) is 0 Å². The smallest absolute Gasteiger partial charge is 0.207 e. The molecule has 0 spiro atoms. The van der Waals surface area contributed by atoms with Gasteiger partial charge in [0, 0.05) is 10.8 Å². The van der Waals surface area contributed by atoms with Crippen LogP contribution in [0.3, 0.4) is 0 Å². The van der Waals surface area contributed by atoms with Crippen molar-refractivity contribution >= 4 is 5.78 Å². The lowest BCUT2D eigenvalue weighted by Crippen LogP contribution is -2.28. The van der Waals surface area contributed by atoms with Crippen molar-refractivity contribution in [3.63, 3.8) is 0 Å². The van der Waals surface area contributed by atoms with E-state index < -0.39 is 0 Å². The van der Waals surface area contributed by atoms with Gasteiger partial charge in [-0.2, -0.15) is 0 Å². The van der Waals surface area contributed by atoms with Crippen molar-refractivity contribution in [1.82, 2.24) is 0 Å². The fraction of sp³-hybridized carbons (Fsp3) is 0.889. The molecule has 0 radical (unpaired) electrons. The molecular formula is C9H13NO4. The average Bonchev–Trinajstić information content (AvgIpc) is 2.56. The van der Waals surface area contributed by atoms with E-state index in [4.69, 9.17) is 4.74 Å². The summed E-state index contributed by atoms with van der Waals surface area (Å²) in [6, 6.07) is 0. The number of rotatable bonds is 2. The number of hydrogen-bond acceptors (Lipinski definition) is 4. The van der Waals surface area contributed by atoms with Crippen LogP contribution in [0.5, 0.6) is 0 Å². The monoisotopic (exact) mass is 199 g/mol. The first-order valence-corrected chi connectivity index (χ1v) is 4.85.